The van der Waals surface area contributed by atoms with E-state index in [0.717, 1.165) is 22.8 Å². The molecule has 6 heteroatoms. The Morgan fingerprint density at radius 3 is 2.64 bits per heavy atom. The number of aryl methyl sites for hydroxylation is 2. The lowest BCUT2D eigenvalue weighted by Gasteiger charge is -2.04. The van der Waals surface area contributed by atoms with Crippen LogP contribution in [0.1, 0.15) is 11.3 Å². The Kier molecular flexibility index (Phi) is 4.48. The number of nitrogens with zero attached hydrogens (tertiary/aromatic N) is 2. The Balaban J connectivity index is 1.49. The number of thioether (sulfide) groups is 1. The average molecular weight is 316 g/mol. The van der Waals surface area contributed by atoms with Gasteiger partial charge in [-0.05, 0) is 32.0 Å². The van der Waals surface area contributed by atoms with Crippen LogP contribution in [-0.4, -0.2) is 22.6 Å². The maximum absolute atomic E-state index is 5.66. The second kappa shape index (κ2) is 6.70. The zero-order chi connectivity index (χ0) is 15.4. The molecule has 0 amide bonds. The molecule has 0 N–H and O–H groups in total. The molecule has 0 fully saturated rings. The van der Waals surface area contributed by atoms with Crippen molar-refractivity contribution < 1.29 is 13.6 Å². The van der Waals surface area contributed by atoms with Crippen molar-refractivity contribution in [2.75, 3.05) is 12.4 Å². The highest BCUT2D eigenvalue weighted by molar-refractivity contribution is 7.99. The summed E-state index contributed by atoms with van der Waals surface area (Å²) in [6, 6.07) is 9.80. The van der Waals surface area contributed by atoms with Crippen molar-refractivity contribution in [3.05, 3.63) is 47.9 Å². The van der Waals surface area contributed by atoms with Crippen molar-refractivity contribution >= 4 is 11.8 Å². The lowest BCUT2D eigenvalue weighted by molar-refractivity contribution is 0.343. The topological polar surface area (TPSA) is 61.3 Å². The summed E-state index contributed by atoms with van der Waals surface area (Å²) in [5, 5.41) is 8.58. The zero-order valence-electron chi connectivity index (χ0n) is 12.4. The second-order valence-corrected chi connectivity index (χ2v) is 5.82. The van der Waals surface area contributed by atoms with Crippen LogP contribution in [0.4, 0.5) is 0 Å². The third-order valence-electron chi connectivity index (χ3n) is 3.09. The largest absolute Gasteiger partial charge is 0.493 e. The van der Waals surface area contributed by atoms with Gasteiger partial charge < -0.3 is 13.6 Å². The second-order valence-electron chi connectivity index (χ2n) is 4.77. The van der Waals surface area contributed by atoms with Crippen LogP contribution in [0, 0.1) is 13.8 Å². The molecule has 0 aliphatic heterocycles. The summed E-state index contributed by atoms with van der Waals surface area (Å²) in [5.41, 5.74) is 2.05. The van der Waals surface area contributed by atoms with Gasteiger partial charge in [-0.15, -0.1) is 10.2 Å². The van der Waals surface area contributed by atoms with Gasteiger partial charge in [0.2, 0.25) is 0 Å². The lowest BCUT2D eigenvalue weighted by Crippen LogP contribution is -1.99. The van der Waals surface area contributed by atoms with Crippen LogP contribution >= 0.6 is 11.8 Å². The highest BCUT2D eigenvalue weighted by Crippen LogP contribution is 2.26. The fraction of sp³-hybridized carbons (Fsp3) is 0.250. The molecule has 3 rings (SSSR count). The number of aromatic nitrogens is 2. The fourth-order valence-corrected chi connectivity index (χ4v) is 2.48. The van der Waals surface area contributed by atoms with Crippen molar-refractivity contribution in [2.24, 2.45) is 0 Å². The minimum Gasteiger partial charge on any atom is -0.493 e. The van der Waals surface area contributed by atoms with Crippen LogP contribution in [0.2, 0.25) is 0 Å². The Morgan fingerprint density at radius 2 is 1.91 bits per heavy atom. The van der Waals surface area contributed by atoms with Crippen LogP contribution in [0.25, 0.3) is 11.5 Å². The zero-order valence-corrected chi connectivity index (χ0v) is 13.2. The molecule has 0 radical (unpaired) electrons. The molecule has 0 saturated carbocycles. The van der Waals surface area contributed by atoms with E-state index < -0.39 is 0 Å². The minimum absolute atomic E-state index is 0.480. The molecule has 0 unspecified atom stereocenters. The molecule has 0 aliphatic rings. The molecule has 3 aromatic rings. The number of ether oxygens (including phenoxy) is 1. The van der Waals surface area contributed by atoms with Gasteiger partial charge in [0.1, 0.15) is 11.5 Å². The average Bonchev–Trinajstić information content (AvgIpc) is 3.14. The first-order valence-corrected chi connectivity index (χ1v) is 7.91. The minimum atomic E-state index is 0.480. The van der Waals surface area contributed by atoms with Crippen LogP contribution in [0.3, 0.4) is 0 Å². The summed E-state index contributed by atoms with van der Waals surface area (Å²) in [6.45, 7) is 4.49. The molecule has 114 valence electrons. The molecular weight excluding hydrogens is 300 g/mol. The summed E-state index contributed by atoms with van der Waals surface area (Å²) in [7, 11) is 0. The van der Waals surface area contributed by atoms with Crippen molar-refractivity contribution in [2.45, 2.75) is 19.1 Å². The number of hydrogen-bond donors (Lipinski definition) is 0. The third kappa shape index (κ3) is 3.51. The van der Waals surface area contributed by atoms with E-state index in [1.165, 1.54) is 17.3 Å². The van der Waals surface area contributed by atoms with E-state index >= 15 is 0 Å². The molecular formula is C16H16N2O3S. The van der Waals surface area contributed by atoms with Crippen molar-refractivity contribution in [3.8, 4) is 17.2 Å². The molecule has 0 atom stereocenters. The maximum Gasteiger partial charge on any atom is 0.276 e. The summed E-state index contributed by atoms with van der Waals surface area (Å²) in [4.78, 5) is 0. The van der Waals surface area contributed by atoms with Gasteiger partial charge in [0.25, 0.3) is 11.1 Å². The highest BCUT2D eigenvalue weighted by atomic mass is 32.2. The highest BCUT2D eigenvalue weighted by Gasteiger charge is 2.13. The standard InChI is InChI=1S/C16H16N2O3S/c1-11-3-5-13(6-4-11)20-9-10-22-16-18-17-15(21-16)14-7-8-19-12(14)2/h3-8H,9-10H2,1-2H3. The van der Waals surface area contributed by atoms with Crippen LogP contribution in [0.15, 0.2) is 50.7 Å². The van der Waals surface area contributed by atoms with Gasteiger partial charge in [-0.1, -0.05) is 29.5 Å². The van der Waals surface area contributed by atoms with E-state index in [1.54, 1.807) is 6.26 Å². The van der Waals surface area contributed by atoms with Gasteiger partial charge >= 0.3 is 0 Å². The van der Waals surface area contributed by atoms with Gasteiger partial charge in [0, 0.05) is 5.75 Å². The molecule has 0 bridgehead atoms. The van der Waals surface area contributed by atoms with Crippen molar-refractivity contribution in [1.82, 2.24) is 10.2 Å². The molecule has 0 saturated heterocycles. The summed E-state index contributed by atoms with van der Waals surface area (Å²) in [5.74, 6) is 2.85. The number of benzene rings is 1. The lowest BCUT2D eigenvalue weighted by atomic mass is 10.2. The van der Waals surface area contributed by atoms with Crippen LogP contribution in [-0.2, 0) is 0 Å². The smallest absolute Gasteiger partial charge is 0.276 e. The van der Waals surface area contributed by atoms with E-state index in [0.29, 0.717) is 17.7 Å². The Bertz CT molecular complexity index is 734. The molecule has 22 heavy (non-hydrogen) atoms. The van der Waals surface area contributed by atoms with Gasteiger partial charge in [-0.3, -0.25) is 0 Å². The number of hydrogen-bond acceptors (Lipinski definition) is 6. The van der Waals surface area contributed by atoms with Gasteiger partial charge in [0.15, 0.2) is 0 Å². The summed E-state index contributed by atoms with van der Waals surface area (Å²) < 4.78 is 16.5. The maximum atomic E-state index is 5.66. The molecule has 2 heterocycles. The van der Waals surface area contributed by atoms with E-state index in [9.17, 15) is 0 Å². The SMILES string of the molecule is Cc1ccc(OCCSc2nnc(-c3ccoc3C)o2)cc1. The molecule has 2 aromatic heterocycles. The Labute approximate surface area is 132 Å². The molecule has 0 spiro atoms. The fourth-order valence-electron chi connectivity index (χ4n) is 1.91. The van der Waals surface area contributed by atoms with E-state index in [-0.39, 0.29) is 0 Å². The molecule has 0 aliphatic carbocycles. The molecule has 5 nitrogen and oxygen atoms in total. The van der Waals surface area contributed by atoms with E-state index in [1.807, 2.05) is 37.3 Å². The van der Waals surface area contributed by atoms with E-state index in [4.69, 9.17) is 13.6 Å². The van der Waals surface area contributed by atoms with Crippen molar-refractivity contribution in [3.63, 3.8) is 0 Å². The molecule has 1 aromatic carbocycles. The number of rotatable bonds is 6. The summed E-state index contributed by atoms with van der Waals surface area (Å²) >= 11 is 1.47. The van der Waals surface area contributed by atoms with Crippen molar-refractivity contribution in [1.29, 1.82) is 0 Å². The first-order chi connectivity index (χ1) is 10.7. The van der Waals surface area contributed by atoms with Gasteiger partial charge in [-0.2, -0.15) is 0 Å². The van der Waals surface area contributed by atoms with Gasteiger partial charge in [0.05, 0.1) is 18.4 Å². The quantitative estimate of drug-likeness (QED) is 0.503. The van der Waals surface area contributed by atoms with Crippen LogP contribution in [0.5, 0.6) is 5.75 Å². The summed E-state index contributed by atoms with van der Waals surface area (Å²) in [6.07, 6.45) is 1.61. The monoisotopic (exact) mass is 316 g/mol. The van der Waals surface area contributed by atoms with Crippen LogP contribution < -0.4 is 4.74 Å². The first-order valence-electron chi connectivity index (χ1n) is 6.92. The Hall–Kier alpha value is -2.21. The number of furan rings is 1. The van der Waals surface area contributed by atoms with E-state index in [2.05, 4.69) is 17.1 Å². The normalized spacial score (nSPS) is 10.8. The van der Waals surface area contributed by atoms with Gasteiger partial charge in [-0.25, -0.2) is 0 Å². The predicted octanol–water partition coefficient (Wildman–Crippen LogP) is 4.12. The Morgan fingerprint density at radius 1 is 1.09 bits per heavy atom. The first kappa shape index (κ1) is 14.7. The third-order valence-corrected chi connectivity index (χ3v) is 3.88. The predicted molar refractivity (Wildman–Crippen MR) is 84.1 cm³/mol.